The maximum Gasteiger partial charge on any atom is 0.305 e. The number of ether oxygens (including phenoxy) is 3. The number of benzene rings is 3. The van der Waals surface area contributed by atoms with Gasteiger partial charge in [-0.25, -0.2) is 18.4 Å². The first-order valence-corrected chi connectivity index (χ1v) is 12.7. The van der Waals surface area contributed by atoms with Gasteiger partial charge in [-0.1, -0.05) is 24.3 Å². The van der Waals surface area contributed by atoms with Gasteiger partial charge in [0.05, 0.1) is 37.3 Å². The van der Waals surface area contributed by atoms with Gasteiger partial charge in [0.15, 0.2) is 11.6 Å². The van der Waals surface area contributed by atoms with Gasteiger partial charge in [-0.3, -0.25) is 9.52 Å². The Kier molecular flexibility index (Phi) is 7.73. The molecule has 0 aliphatic rings. The number of rotatable bonds is 10. The van der Waals surface area contributed by atoms with Crippen molar-refractivity contribution < 1.29 is 27.4 Å². The van der Waals surface area contributed by atoms with Gasteiger partial charge in [0.25, 0.3) is 10.0 Å². The quantitative estimate of drug-likeness (QED) is 0.293. The second-order valence-electron chi connectivity index (χ2n) is 7.96. The Morgan fingerprint density at radius 2 is 1.43 bits per heavy atom. The number of sulfonamides is 1. The summed E-state index contributed by atoms with van der Waals surface area (Å²) in [5.74, 6) is 0.986. The Morgan fingerprint density at radius 3 is 2.00 bits per heavy atom. The Bertz CT molecular complexity index is 1500. The van der Waals surface area contributed by atoms with E-state index in [4.69, 9.17) is 9.47 Å². The molecule has 1 heterocycles. The third kappa shape index (κ3) is 6.25. The summed E-state index contributed by atoms with van der Waals surface area (Å²) >= 11 is 0. The zero-order valence-corrected chi connectivity index (χ0v) is 21.3. The first-order valence-electron chi connectivity index (χ1n) is 11.3. The van der Waals surface area contributed by atoms with Crippen LogP contribution < -0.4 is 19.5 Å². The van der Waals surface area contributed by atoms with Gasteiger partial charge in [0, 0.05) is 30.3 Å². The molecule has 0 fully saturated rings. The van der Waals surface area contributed by atoms with Gasteiger partial charge in [0.2, 0.25) is 0 Å². The molecule has 1 aromatic heterocycles. The van der Waals surface area contributed by atoms with Crippen LogP contribution in [-0.2, 0) is 26.0 Å². The van der Waals surface area contributed by atoms with E-state index in [1.54, 1.807) is 48.5 Å². The van der Waals surface area contributed by atoms with Gasteiger partial charge in [-0.2, -0.15) is 0 Å². The fourth-order valence-corrected chi connectivity index (χ4v) is 4.55. The van der Waals surface area contributed by atoms with Crippen molar-refractivity contribution in [2.75, 3.05) is 31.4 Å². The molecule has 0 amide bonds. The van der Waals surface area contributed by atoms with Gasteiger partial charge >= 0.3 is 5.97 Å². The normalized spacial score (nSPS) is 11.1. The van der Waals surface area contributed by atoms with Crippen LogP contribution in [0.2, 0.25) is 0 Å². The van der Waals surface area contributed by atoms with Crippen molar-refractivity contribution in [3.8, 4) is 11.5 Å². The summed E-state index contributed by atoms with van der Waals surface area (Å²) in [5.41, 5.74) is 2.48. The summed E-state index contributed by atoms with van der Waals surface area (Å²) < 4.78 is 44.3. The average Bonchev–Trinajstić information content (AvgIpc) is 2.91. The highest BCUT2D eigenvalue weighted by atomic mass is 32.2. The predicted molar refractivity (Wildman–Crippen MR) is 140 cm³/mol. The van der Waals surface area contributed by atoms with Crippen LogP contribution in [-0.4, -0.2) is 45.7 Å². The monoisotopic (exact) mass is 522 g/mol. The van der Waals surface area contributed by atoms with Crippen molar-refractivity contribution >= 4 is 44.3 Å². The molecule has 37 heavy (non-hydrogen) atoms. The molecule has 0 atom stereocenters. The van der Waals surface area contributed by atoms with Crippen molar-refractivity contribution in [2.45, 2.75) is 17.7 Å². The molecule has 4 aromatic rings. The number of hydrogen-bond donors (Lipinski definition) is 2. The number of para-hydroxylation sites is 2. The van der Waals surface area contributed by atoms with Gasteiger partial charge in [-0.05, 0) is 36.2 Å². The summed E-state index contributed by atoms with van der Waals surface area (Å²) in [6.07, 6.45) is 0.645. The van der Waals surface area contributed by atoms with E-state index in [2.05, 4.69) is 24.7 Å². The number of nitrogens with zero attached hydrogens (tertiary/aromatic N) is 2. The number of carbonyl (C=O) groups is 1. The van der Waals surface area contributed by atoms with Crippen molar-refractivity contribution in [3.05, 3.63) is 72.3 Å². The van der Waals surface area contributed by atoms with E-state index >= 15 is 0 Å². The molecular formula is C26H26N4O6S. The Labute approximate surface area is 214 Å². The maximum atomic E-state index is 13.2. The van der Waals surface area contributed by atoms with Crippen LogP contribution in [0.5, 0.6) is 11.5 Å². The molecule has 4 rings (SSSR count). The molecule has 10 nitrogen and oxygen atoms in total. The van der Waals surface area contributed by atoms with Crippen LogP contribution in [0.15, 0.2) is 71.6 Å². The molecule has 11 heteroatoms. The molecule has 0 saturated heterocycles. The molecule has 0 radical (unpaired) electrons. The fraction of sp³-hybridized carbons (Fsp3) is 0.192. The third-order valence-corrected chi connectivity index (χ3v) is 6.85. The van der Waals surface area contributed by atoms with Crippen LogP contribution in [0, 0.1) is 0 Å². The first-order chi connectivity index (χ1) is 17.8. The number of carbonyl (C=O) groups excluding carboxylic acids is 1. The molecule has 192 valence electrons. The lowest BCUT2D eigenvalue weighted by atomic mass is 10.1. The van der Waals surface area contributed by atoms with Crippen molar-refractivity contribution in [1.82, 2.24) is 9.97 Å². The molecule has 0 aliphatic heterocycles. The lowest BCUT2D eigenvalue weighted by Gasteiger charge is -2.15. The van der Waals surface area contributed by atoms with E-state index in [0.717, 1.165) is 5.56 Å². The van der Waals surface area contributed by atoms with E-state index in [-0.39, 0.29) is 28.9 Å². The second-order valence-corrected chi connectivity index (χ2v) is 9.64. The van der Waals surface area contributed by atoms with E-state index in [9.17, 15) is 13.2 Å². The van der Waals surface area contributed by atoms with Crippen molar-refractivity contribution in [1.29, 1.82) is 0 Å². The molecule has 3 aromatic carbocycles. The number of nitrogens with one attached hydrogen (secondary N) is 2. The molecular weight excluding hydrogens is 496 g/mol. The number of aryl methyl sites for hydroxylation is 1. The van der Waals surface area contributed by atoms with E-state index in [0.29, 0.717) is 34.6 Å². The van der Waals surface area contributed by atoms with Crippen LogP contribution >= 0.6 is 0 Å². The molecule has 0 unspecified atom stereocenters. The SMILES string of the molecule is COC(=O)CCc1ccc(S(=O)(=O)Nc2nc3ccccc3nc2Nc2cc(OC)cc(OC)c2)cc1. The lowest BCUT2D eigenvalue weighted by molar-refractivity contribution is -0.140. The summed E-state index contributed by atoms with van der Waals surface area (Å²) in [6, 6.07) is 18.6. The summed E-state index contributed by atoms with van der Waals surface area (Å²) in [6.45, 7) is 0. The number of aromatic nitrogens is 2. The number of hydrogen-bond acceptors (Lipinski definition) is 9. The first kappa shape index (κ1) is 25.7. The van der Waals surface area contributed by atoms with Gasteiger partial charge in [0.1, 0.15) is 11.5 Å². The largest absolute Gasteiger partial charge is 0.497 e. The number of fused-ring (bicyclic) bond motifs is 1. The van der Waals surface area contributed by atoms with E-state index in [1.807, 2.05) is 6.07 Å². The topological polar surface area (TPSA) is 129 Å². The molecule has 2 N–H and O–H groups in total. The standard InChI is InChI=1S/C26H26N4O6S/c1-34-19-14-18(15-20(16-19)35-2)27-25-26(29-23-7-5-4-6-22(23)28-25)30-37(32,33)21-11-8-17(9-12-21)10-13-24(31)36-3/h4-9,11-12,14-16H,10,13H2,1-3H3,(H,27,28)(H,29,30). The van der Waals surface area contributed by atoms with Crippen LogP contribution in [0.1, 0.15) is 12.0 Å². The van der Waals surface area contributed by atoms with Gasteiger partial charge < -0.3 is 19.5 Å². The predicted octanol–water partition coefficient (Wildman–Crippen LogP) is 4.30. The highest BCUT2D eigenvalue weighted by Crippen LogP contribution is 2.31. The molecule has 0 bridgehead atoms. The average molecular weight is 523 g/mol. The summed E-state index contributed by atoms with van der Waals surface area (Å²) in [5, 5.41) is 3.13. The van der Waals surface area contributed by atoms with E-state index < -0.39 is 10.0 Å². The smallest absolute Gasteiger partial charge is 0.305 e. The minimum absolute atomic E-state index is 0.0234. The number of esters is 1. The molecule has 0 spiro atoms. The highest BCUT2D eigenvalue weighted by molar-refractivity contribution is 7.92. The van der Waals surface area contributed by atoms with Crippen molar-refractivity contribution in [2.24, 2.45) is 0 Å². The fourth-order valence-electron chi connectivity index (χ4n) is 3.54. The van der Waals surface area contributed by atoms with Crippen molar-refractivity contribution in [3.63, 3.8) is 0 Å². The molecule has 0 saturated carbocycles. The molecule has 0 aliphatic carbocycles. The van der Waals surface area contributed by atoms with Crippen LogP contribution in [0.25, 0.3) is 11.0 Å². The van der Waals surface area contributed by atoms with Crippen LogP contribution in [0.4, 0.5) is 17.3 Å². The minimum atomic E-state index is -4.01. The van der Waals surface area contributed by atoms with Gasteiger partial charge in [-0.15, -0.1) is 0 Å². The van der Waals surface area contributed by atoms with Crippen LogP contribution in [0.3, 0.4) is 0 Å². The Hall–Kier alpha value is -4.38. The summed E-state index contributed by atoms with van der Waals surface area (Å²) in [4.78, 5) is 20.5. The minimum Gasteiger partial charge on any atom is -0.497 e. The number of methoxy groups -OCH3 is 3. The highest BCUT2D eigenvalue weighted by Gasteiger charge is 2.19. The maximum absolute atomic E-state index is 13.2. The number of anilines is 3. The van der Waals surface area contributed by atoms with E-state index in [1.165, 1.54) is 33.5 Å². The Morgan fingerprint density at radius 1 is 0.838 bits per heavy atom. The zero-order valence-electron chi connectivity index (χ0n) is 20.5. The second kappa shape index (κ2) is 11.1. The Balaban J connectivity index is 1.66. The third-order valence-electron chi connectivity index (χ3n) is 5.49. The zero-order chi connectivity index (χ0) is 26.4. The summed E-state index contributed by atoms with van der Waals surface area (Å²) in [7, 11) is 0.391. The lowest BCUT2D eigenvalue weighted by Crippen LogP contribution is -2.16.